The molecule has 0 saturated heterocycles. The standard InChI is InChI=1S/C14H23F3O.CH4.2H2/c1-10-2-4-11(5-3-10)12-6-8-13(9-7-12)18-14(15,16)17;;;/h10-13H,2-9H2,1H3;1H4;2*1H. The summed E-state index contributed by atoms with van der Waals surface area (Å²) in [6, 6.07) is 0. The molecule has 118 valence electrons. The zero-order chi connectivity index (χ0) is 13.2. The van der Waals surface area contributed by atoms with Gasteiger partial charge in [-0.3, -0.25) is 4.74 Å². The lowest BCUT2D eigenvalue weighted by Gasteiger charge is -2.37. The maximum absolute atomic E-state index is 12.1. The number of alkyl halides is 3. The molecular formula is C15H31F3O. The van der Waals surface area contributed by atoms with E-state index in [0.29, 0.717) is 18.8 Å². The SMILES string of the molecule is C.CC1CCC(C2CCC(OC(F)(F)F)CC2)CC1.[HH].[HH]. The van der Waals surface area contributed by atoms with Crippen LogP contribution < -0.4 is 0 Å². The summed E-state index contributed by atoms with van der Waals surface area (Å²) >= 11 is 0. The minimum Gasteiger partial charge on any atom is -0.289 e. The highest BCUT2D eigenvalue weighted by Crippen LogP contribution is 2.41. The third-order valence-corrected chi connectivity index (χ3v) is 4.75. The van der Waals surface area contributed by atoms with E-state index in [4.69, 9.17) is 0 Å². The van der Waals surface area contributed by atoms with Crippen LogP contribution in [0.15, 0.2) is 0 Å². The molecule has 0 atom stereocenters. The van der Waals surface area contributed by atoms with Crippen molar-refractivity contribution in [2.45, 2.75) is 78.2 Å². The summed E-state index contributed by atoms with van der Waals surface area (Å²) in [6.07, 6.45) is 3.08. The average Bonchev–Trinajstić information content (AvgIpc) is 2.29. The van der Waals surface area contributed by atoms with Crippen molar-refractivity contribution in [1.82, 2.24) is 0 Å². The molecule has 2 rings (SSSR count). The zero-order valence-electron chi connectivity index (χ0n) is 11.0. The van der Waals surface area contributed by atoms with E-state index >= 15 is 0 Å². The second kappa shape index (κ2) is 6.96. The Morgan fingerprint density at radius 1 is 0.842 bits per heavy atom. The molecule has 0 spiro atoms. The maximum Gasteiger partial charge on any atom is 0.522 e. The molecule has 0 aromatic rings. The Labute approximate surface area is 117 Å². The van der Waals surface area contributed by atoms with Gasteiger partial charge in [0.05, 0.1) is 6.10 Å². The first-order valence-corrected chi connectivity index (χ1v) is 7.18. The molecule has 2 aliphatic carbocycles. The Morgan fingerprint density at radius 3 is 1.68 bits per heavy atom. The van der Waals surface area contributed by atoms with Crippen molar-refractivity contribution in [2.24, 2.45) is 17.8 Å². The summed E-state index contributed by atoms with van der Waals surface area (Å²) in [7, 11) is 0. The first-order valence-electron chi connectivity index (χ1n) is 7.18. The van der Waals surface area contributed by atoms with Crippen LogP contribution in [0.4, 0.5) is 13.2 Å². The third-order valence-electron chi connectivity index (χ3n) is 4.75. The van der Waals surface area contributed by atoms with E-state index in [-0.39, 0.29) is 10.3 Å². The summed E-state index contributed by atoms with van der Waals surface area (Å²) in [6.45, 7) is 2.30. The van der Waals surface area contributed by atoms with E-state index in [0.717, 1.165) is 24.7 Å². The Balaban J connectivity index is 0. The summed E-state index contributed by atoms with van der Waals surface area (Å²) in [5.74, 6) is 2.24. The van der Waals surface area contributed by atoms with Gasteiger partial charge in [-0.05, 0) is 56.3 Å². The fourth-order valence-electron chi connectivity index (χ4n) is 3.62. The molecule has 0 aromatic heterocycles. The van der Waals surface area contributed by atoms with Crippen LogP contribution in [0.2, 0.25) is 0 Å². The van der Waals surface area contributed by atoms with Gasteiger partial charge in [0.15, 0.2) is 0 Å². The van der Waals surface area contributed by atoms with Gasteiger partial charge >= 0.3 is 6.36 Å². The summed E-state index contributed by atoms with van der Waals surface area (Å²) < 4.78 is 40.5. The second-order valence-electron chi connectivity index (χ2n) is 6.12. The molecule has 19 heavy (non-hydrogen) atoms. The van der Waals surface area contributed by atoms with Gasteiger partial charge in [-0.15, -0.1) is 13.2 Å². The highest BCUT2D eigenvalue weighted by atomic mass is 19.4. The van der Waals surface area contributed by atoms with Crippen molar-refractivity contribution in [2.75, 3.05) is 0 Å². The predicted molar refractivity (Wildman–Crippen MR) is 75.0 cm³/mol. The zero-order valence-corrected chi connectivity index (χ0v) is 11.0. The van der Waals surface area contributed by atoms with Gasteiger partial charge in [-0.25, -0.2) is 0 Å². The van der Waals surface area contributed by atoms with Crippen LogP contribution in [0.25, 0.3) is 0 Å². The number of hydrogen-bond acceptors (Lipinski definition) is 1. The Morgan fingerprint density at radius 2 is 1.26 bits per heavy atom. The smallest absolute Gasteiger partial charge is 0.289 e. The van der Waals surface area contributed by atoms with Crippen LogP contribution >= 0.6 is 0 Å². The van der Waals surface area contributed by atoms with Gasteiger partial charge in [0, 0.05) is 2.85 Å². The van der Waals surface area contributed by atoms with Crippen molar-refractivity contribution in [3.05, 3.63) is 0 Å². The highest BCUT2D eigenvalue weighted by molar-refractivity contribution is 4.81. The minimum atomic E-state index is -4.46. The lowest BCUT2D eigenvalue weighted by atomic mass is 9.71. The van der Waals surface area contributed by atoms with Gasteiger partial charge in [-0.1, -0.05) is 27.2 Å². The molecule has 0 unspecified atom stereocenters. The fraction of sp³-hybridized carbons (Fsp3) is 1.00. The molecule has 0 N–H and O–H groups in total. The van der Waals surface area contributed by atoms with Crippen LogP contribution in [0, 0.1) is 17.8 Å². The lowest BCUT2D eigenvalue weighted by Crippen LogP contribution is -2.31. The van der Waals surface area contributed by atoms with E-state index in [1.54, 1.807) is 0 Å². The molecule has 4 heteroatoms. The van der Waals surface area contributed by atoms with Crippen molar-refractivity contribution in [3.8, 4) is 0 Å². The van der Waals surface area contributed by atoms with Crippen molar-refractivity contribution in [3.63, 3.8) is 0 Å². The van der Waals surface area contributed by atoms with Gasteiger partial charge in [0.2, 0.25) is 0 Å². The third kappa shape index (κ3) is 5.33. The van der Waals surface area contributed by atoms with Crippen molar-refractivity contribution in [1.29, 1.82) is 0 Å². The van der Waals surface area contributed by atoms with E-state index in [1.807, 2.05) is 0 Å². The molecule has 0 aliphatic heterocycles. The van der Waals surface area contributed by atoms with Crippen LogP contribution in [0.5, 0.6) is 0 Å². The van der Waals surface area contributed by atoms with Crippen molar-refractivity contribution >= 4 is 0 Å². The first kappa shape index (κ1) is 16.8. The highest BCUT2D eigenvalue weighted by Gasteiger charge is 2.37. The van der Waals surface area contributed by atoms with Crippen LogP contribution in [-0.4, -0.2) is 12.5 Å². The van der Waals surface area contributed by atoms with Gasteiger partial charge in [0.1, 0.15) is 0 Å². The molecule has 0 aromatic carbocycles. The molecule has 2 fully saturated rings. The monoisotopic (exact) mass is 284 g/mol. The second-order valence-corrected chi connectivity index (χ2v) is 6.12. The number of rotatable bonds is 2. The number of halogens is 3. The molecule has 0 bridgehead atoms. The molecule has 0 heterocycles. The molecule has 1 nitrogen and oxygen atoms in total. The Hall–Kier alpha value is -0.250. The van der Waals surface area contributed by atoms with E-state index < -0.39 is 12.5 Å². The molecular weight excluding hydrogens is 253 g/mol. The van der Waals surface area contributed by atoms with Crippen LogP contribution in [0.1, 0.15) is 68.6 Å². The van der Waals surface area contributed by atoms with Gasteiger partial charge < -0.3 is 0 Å². The number of ether oxygens (including phenoxy) is 1. The normalized spacial score (nSPS) is 36.6. The van der Waals surface area contributed by atoms with E-state index in [1.165, 1.54) is 25.7 Å². The largest absolute Gasteiger partial charge is 0.522 e. The molecule has 2 aliphatic rings. The van der Waals surface area contributed by atoms with Gasteiger partial charge in [-0.2, -0.15) is 0 Å². The lowest BCUT2D eigenvalue weighted by molar-refractivity contribution is -0.346. The van der Waals surface area contributed by atoms with Crippen molar-refractivity contribution < 1.29 is 20.8 Å². The molecule has 0 amide bonds. The quantitative estimate of drug-likeness (QED) is 0.601. The van der Waals surface area contributed by atoms with E-state index in [2.05, 4.69) is 11.7 Å². The summed E-state index contributed by atoms with van der Waals surface area (Å²) in [5.41, 5.74) is 0. The molecule has 2 saturated carbocycles. The predicted octanol–water partition coefficient (Wildman–Crippen LogP) is 6.04. The Bertz CT molecular complexity index is 258. The van der Waals surface area contributed by atoms with Crippen LogP contribution in [-0.2, 0) is 4.74 Å². The number of hydrogen-bond donors (Lipinski definition) is 0. The van der Waals surface area contributed by atoms with E-state index in [9.17, 15) is 13.2 Å². The van der Waals surface area contributed by atoms with Crippen LogP contribution in [0.3, 0.4) is 0 Å². The summed E-state index contributed by atoms with van der Waals surface area (Å²) in [5, 5.41) is 0. The minimum absolute atomic E-state index is 0. The average molecular weight is 284 g/mol. The van der Waals surface area contributed by atoms with Gasteiger partial charge in [0.25, 0.3) is 0 Å². The Kier molecular flexibility index (Phi) is 6.15. The first-order chi connectivity index (χ1) is 8.44. The molecule has 0 radical (unpaired) electrons. The summed E-state index contributed by atoms with van der Waals surface area (Å²) in [4.78, 5) is 0. The fourth-order valence-corrected chi connectivity index (χ4v) is 3.62. The topological polar surface area (TPSA) is 9.23 Å². The maximum atomic E-state index is 12.1.